The topological polar surface area (TPSA) is 49.8 Å². The summed E-state index contributed by atoms with van der Waals surface area (Å²) in [7, 11) is 0. The highest BCUT2D eigenvalue weighted by atomic mass is 15.1. The minimum Gasteiger partial charge on any atom is -0.370 e. The summed E-state index contributed by atoms with van der Waals surface area (Å²) in [5.74, 6) is 1.48. The van der Waals surface area contributed by atoms with Crippen LogP contribution in [-0.2, 0) is 0 Å². The molecule has 0 bridgehead atoms. The molecule has 0 aliphatic heterocycles. The van der Waals surface area contributed by atoms with Crippen LogP contribution in [0.5, 0.6) is 0 Å². The maximum Gasteiger partial charge on any atom is 0.225 e. The SMILES string of the molecule is C=CCNc1nc(NCCC2=CCCCC2)cc(-c2ccccc2)n1. The molecule has 1 aromatic heterocycles. The average molecular weight is 334 g/mol. The fourth-order valence-electron chi connectivity index (χ4n) is 3.02. The summed E-state index contributed by atoms with van der Waals surface area (Å²) in [5, 5.41) is 6.65. The second kappa shape index (κ2) is 9.02. The summed E-state index contributed by atoms with van der Waals surface area (Å²) in [6.07, 6.45) is 10.4. The van der Waals surface area contributed by atoms with Crippen molar-refractivity contribution in [2.45, 2.75) is 32.1 Å². The highest BCUT2D eigenvalue weighted by Crippen LogP contribution is 2.23. The molecule has 130 valence electrons. The Morgan fingerprint density at radius 3 is 2.72 bits per heavy atom. The Balaban J connectivity index is 1.72. The number of hydrogen-bond donors (Lipinski definition) is 2. The van der Waals surface area contributed by atoms with Gasteiger partial charge in [-0.3, -0.25) is 0 Å². The first-order valence-electron chi connectivity index (χ1n) is 9.06. The van der Waals surface area contributed by atoms with E-state index in [2.05, 4.69) is 45.4 Å². The van der Waals surface area contributed by atoms with E-state index in [4.69, 9.17) is 0 Å². The molecule has 0 saturated carbocycles. The predicted octanol–water partition coefficient (Wildman–Crippen LogP) is 5.04. The number of rotatable bonds is 8. The lowest BCUT2D eigenvalue weighted by atomic mass is 9.97. The van der Waals surface area contributed by atoms with E-state index in [-0.39, 0.29) is 0 Å². The third-order valence-corrected chi connectivity index (χ3v) is 4.34. The quantitative estimate of drug-likeness (QED) is 0.664. The molecule has 4 nitrogen and oxygen atoms in total. The van der Waals surface area contributed by atoms with Crippen molar-refractivity contribution in [1.82, 2.24) is 9.97 Å². The lowest BCUT2D eigenvalue weighted by Gasteiger charge is -2.14. The summed E-state index contributed by atoms with van der Waals surface area (Å²) in [6, 6.07) is 12.2. The molecule has 0 atom stereocenters. The normalized spacial score (nSPS) is 13.8. The molecule has 25 heavy (non-hydrogen) atoms. The number of nitrogens with one attached hydrogen (secondary N) is 2. The van der Waals surface area contributed by atoms with Crippen molar-refractivity contribution in [3.05, 3.63) is 60.7 Å². The smallest absolute Gasteiger partial charge is 0.225 e. The zero-order valence-electron chi connectivity index (χ0n) is 14.7. The van der Waals surface area contributed by atoms with Crippen molar-refractivity contribution >= 4 is 11.8 Å². The van der Waals surface area contributed by atoms with Crippen LogP contribution in [-0.4, -0.2) is 23.1 Å². The van der Waals surface area contributed by atoms with E-state index in [0.29, 0.717) is 12.5 Å². The minimum absolute atomic E-state index is 0.626. The number of benzene rings is 1. The first kappa shape index (κ1) is 17.2. The molecule has 0 fully saturated rings. The summed E-state index contributed by atoms with van der Waals surface area (Å²) in [5.41, 5.74) is 3.58. The standard InChI is InChI=1S/C21H26N4/c1-2-14-23-21-24-19(18-11-7-4-8-12-18)16-20(25-21)22-15-13-17-9-5-3-6-10-17/h2,4,7-9,11-12,16H,1,3,5-6,10,13-15H2,(H2,22,23,24,25). The number of aromatic nitrogens is 2. The lowest BCUT2D eigenvalue weighted by molar-refractivity contribution is 0.679. The largest absolute Gasteiger partial charge is 0.370 e. The highest BCUT2D eigenvalue weighted by Gasteiger charge is 2.07. The van der Waals surface area contributed by atoms with E-state index >= 15 is 0 Å². The molecular weight excluding hydrogens is 308 g/mol. The molecule has 3 rings (SSSR count). The Morgan fingerprint density at radius 2 is 1.96 bits per heavy atom. The summed E-state index contributed by atoms with van der Waals surface area (Å²) >= 11 is 0. The van der Waals surface area contributed by atoms with Crippen molar-refractivity contribution in [1.29, 1.82) is 0 Å². The predicted molar refractivity (Wildman–Crippen MR) is 106 cm³/mol. The fourth-order valence-corrected chi connectivity index (χ4v) is 3.02. The maximum atomic E-state index is 4.62. The van der Waals surface area contributed by atoms with Crippen molar-refractivity contribution in [2.75, 3.05) is 23.7 Å². The number of hydrogen-bond acceptors (Lipinski definition) is 4. The van der Waals surface area contributed by atoms with E-state index in [9.17, 15) is 0 Å². The second-order valence-corrected chi connectivity index (χ2v) is 6.28. The molecule has 1 heterocycles. The third kappa shape index (κ3) is 5.18. The van der Waals surface area contributed by atoms with Gasteiger partial charge in [0.05, 0.1) is 5.69 Å². The maximum absolute atomic E-state index is 4.62. The van der Waals surface area contributed by atoms with Gasteiger partial charge in [-0.25, -0.2) is 4.98 Å². The van der Waals surface area contributed by atoms with Gasteiger partial charge >= 0.3 is 0 Å². The molecule has 0 spiro atoms. The number of nitrogens with zero attached hydrogens (tertiary/aromatic N) is 2. The summed E-state index contributed by atoms with van der Waals surface area (Å²) in [6.45, 7) is 5.28. The Kier molecular flexibility index (Phi) is 6.21. The van der Waals surface area contributed by atoms with Crippen molar-refractivity contribution in [2.24, 2.45) is 0 Å². The summed E-state index contributed by atoms with van der Waals surface area (Å²) < 4.78 is 0. The molecule has 4 heteroatoms. The van der Waals surface area contributed by atoms with Crippen LogP contribution in [0.25, 0.3) is 11.3 Å². The molecule has 1 aliphatic rings. The van der Waals surface area contributed by atoms with Gasteiger partial charge in [-0.2, -0.15) is 4.98 Å². The molecule has 2 aromatic rings. The van der Waals surface area contributed by atoms with Gasteiger partial charge in [-0.05, 0) is 32.1 Å². The fraction of sp³-hybridized carbons (Fsp3) is 0.333. The van der Waals surface area contributed by atoms with Gasteiger partial charge in [0.15, 0.2) is 0 Å². The number of anilines is 2. The zero-order valence-corrected chi connectivity index (χ0v) is 14.7. The van der Waals surface area contributed by atoms with Crippen LogP contribution in [0, 0.1) is 0 Å². The van der Waals surface area contributed by atoms with Gasteiger partial charge in [-0.15, -0.1) is 6.58 Å². The lowest BCUT2D eigenvalue weighted by Crippen LogP contribution is -2.09. The zero-order chi connectivity index (χ0) is 17.3. The molecule has 1 aromatic carbocycles. The van der Waals surface area contributed by atoms with Gasteiger partial charge in [0.25, 0.3) is 0 Å². The Hall–Kier alpha value is -2.62. The molecule has 1 aliphatic carbocycles. The van der Waals surface area contributed by atoms with Crippen molar-refractivity contribution in [3.8, 4) is 11.3 Å². The van der Waals surface area contributed by atoms with Gasteiger partial charge in [0.2, 0.25) is 5.95 Å². The first-order chi connectivity index (χ1) is 12.3. The van der Waals surface area contributed by atoms with Crippen LogP contribution >= 0.6 is 0 Å². The Labute approximate surface area is 150 Å². The van der Waals surface area contributed by atoms with Crippen LogP contribution in [0.1, 0.15) is 32.1 Å². The van der Waals surface area contributed by atoms with Crippen molar-refractivity contribution in [3.63, 3.8) is 0 Å². The van der Waals surface area contributed by atoms with E-state index in [0.717, 1.165) is 30.0 Å². The molecule has 0 radical (unpaired) electrons. The van der Waals surface area contributed by atoms with E-state index in [1.54, 1.807) is 11.6 Å². The number of allylic oxidation sites excluding steroid dienone is 1. The van der Waals surface area contributed by atoms with E-state index in [1.807, 2.05) is 24.3 Å². The van der Waals surface area contributed by atoms with Crippen LogP contribution in [0.15, 0.2) is 60.7 Å². The van der Waals surface area contributed by atoms with Crippen molar-refractivity contribution < 1.29 is 0 Å². The van der Waals surface area contributed by atoms with Gasteiger partial charge in [-0.1, -0.05) is 48.1 Å². The van der Waals surface area contributed by atoms with Gasteiger partial charge in [0, 0.05) is 24.7 Å². The highest BCUT2D eigenvalue weighted by molar-refractivity contribution is 5.64. The van der Waals surface area contributed by atoms with Crippen LogP contribution in [0.4, 0.5) is 11.8 Å². The monoisotopic (exact) mass is 334 g/mol. The molecule has 0 unspecified atom stereocenters. The molecule has 2 N–H and O–H groups in total. The van der Waals surface area contributed by atoms with Crippen LogP contribution in [0.3, 0.4) is 0 Å². The Bertz CT molecular complexity index is 722. The average Bonchev–Trinajstić information content (AvgIpc) is 2.68. The van der Waals surface area contributed by atoms with Crippen LogP contribution < -0.4 is 10.6 Å². The Morgan fingerprint density at radius 1 is 1.08 bits per heavy atom. The molecular formula is C21H26N4. The van der Waals surface area contributed by atoms with Gasteiger partial charge in [0.1, 0.15) is 5.82 Å². The summed E-state index contributed by atoms with van der Waals surface area (Å²) in [4.78, 5) is 9.20. The third-order valence-electron chi connectivity index (χ3n) is 4.34. The minimum atomic E-state index is 0.626. The molecule has 0 saturated heterocycles. The second-order valence-electron chi connectivity index (χ2n) is 6.28. The van der Waals surface area contributed by atoms with Gasteiger partial charge < -0.3 is 10.6 Å². The van der Waals surface area contributed by atoms with E-state index < -0.39 is 0 Å². The van der Waals surface area contributed by atoms with Crippen LogP contribution in [0.2, 0.25) is 0 Å². The van der Waals surface area contributed by atoms with E-state index in [1.165, 1.54) is 25.7 Å². The first-order valence-corrected chi connectivity index (χ1v) is 9.06. The molecule has 0 amide bonds.